The molecule has 7 fully saturated rings. The van der Waals surface area contributed by atoms with Crippen LogP contribution >= 0.6 is 15.9 Å². The van der Waals surface area contributed by atoms with Gasteiger partial charge in [0, 0.05) is 74.3 Å². The maximum absolute atomic E-state index is 14.6. The Morgan fingerprint density at radius 1 is 0.270 bits per heavy atom. The van der Waals surface area contributed by atoms with Crippen LogP contribution in [0.5, 0.6) is 0 Å². The standard InChI is InChI=1S/2C20H20F2N2.C16H11BrF2.C16H12F2O.C16H10F2O.C15H10O.CH4/c2*21-20(22)17-13-5-1-3-7-15(13)19(24-11-9-23-10-12-24)16-8-4-2-6-14(16)18(17)20;17-15-11-7-3-1-5-9(11)13-14(16(13,18)19)10-6-2-4-8-12(10)15;2*17-16(18)13-9-5-1-3-7-11(9)15(19)12-8-4-2-6-10(12)14(13)16;16-15-13-7-3-1-5-11(13)9-10-12-6-2-4-8-14(12)15;/h2*1-8,17-19,23H,9-12H2;1-8,13-15H;1-8,13-15,19H;1-8,13-14H;1-10H;1H4/t2*17-,18+,19?;2*13-,14+,15?;13-,14+;;. The van der Waals surface area contributed by atoms with E-state index in [1.165, 1.54) is 0 Å². The van der Waals surface area contributed by atoms with Gasteiger partial charge in [0.2, 0.25) is 0 Å². The Kier molecular flexibility index (Phi) is 20.8. The minimum Gasteiger partial charge on any atom is -0.384 e. The Morgan fingerprint density at radius 2 is 0.475 bits per heavy atom. The Balaban J connectivity index is 0.0000000967. The number of alkyl halides is 11. The van der Waals surface area contributed by atoms with Gasteiger partial charge in [-0.25, -0.2) is 43.9 Å². The molecule has 4 unspecified atom stereocenters. The number of carbonyl (C=O) groups is 1. The highest BCUT2D eigenvalue weighted by Gasteiger charge is 2.75. The molecule has 13 aromatic rings. The van der Waals surface area contributed by atoms with Crippen molar-refractivity contribution in [3.05, 3.63) is 425 Å². The predicted molar refractivity (Wildman–Crippen MR) is 462 cm³/mol. The fraction of sp³-hybridized carbons (Fsp3) is 0.269. The van der Waals surface area contributed by atoms with Crippen molar-refractivity contribution in [2.75, 3.05) is 52.4 Å². The molecule has 14 atom stereocenters. The minimum atomic E-state index is -2.74. The second-order valence-electron chi connectivity index (χ2n) is 33.7. The average molecular weight is 1710 g/mol. The number of ketones is 1. The number of fused-ring (bicyclic) bond motifs is 27. The van der Waals surface area contributed by atoms with Crippen molar-refractivity contribution in [1.29, 1.82) is 0 Å². The number of aliphatic hydroxyl groups excluding tert-OH is 1. The molecule has 2 aliphatic heterocycles. The lowest BCUT2D eigenvalue weighted by Gasteiger charge is -2.37. The number of nitrogens with zero attached hydrogens (tertiary/aromatic N) is 2. The molecule has 13 aromatic carbocycles. The van der Waals surface area contributed by atoms with Gasteiger partial charge in [0.05, 0.1) is 76.1 Å². The van der Waals surface area contributed by atoms with Crippen LogP contribution in [0.1, 0.15) is 206 Å². The maximum atomic E-state index is 14.6. The van der Waals surface area contributed by atoms with E-state index in [9.17, 15) is 58.6 Å². The molecule has 10 aliphatic carbocycles. The summed E-state index contributed by atoms with van der Waals surface area (Å²) < 4.78 is 143. The molecule has 18 heteroatoms. The van der Waals surface area contributed by atoms with Crippen LogP contribution < -0.4 is 16.1 Å². The third kappa shape index (κ3) is 13.5. The molecule has 5 saturated carbocycles. The SMILES string of the molecule is C.FC1(F)[C@@H]2c3ccccc3C(Br)c3ccccc3[C@@H]21.FC1(F)[C@@H]2c3ccccc3C(N3CCNCC3)c3ccccc3[C@@H]21.FC1(F)[C@@H]2c3ccccc3C(N3CCNCC3)c3ccccc3[C@@H]21.O=C1c2ccccc2[C@@H]2[C@H](c3ccccc31)C2(F)F.O=c1c2ccccc2ccc2ccccc12.OC1c2ccccc2[C@@H]2[C@H](c3ccccc31)C2(F)F. The van der Waals surface area contributed by atoms with Crippen molar-refractivity contribution in [2.45, 2.75) is 119 Å². The van der Waals surface area contributed by atoms with E-state index in [-0.39, 0.29) is 35.5 Å². The second-order valence-corrected chi connectivity index (χ2v) is 34.6. The predicted octanol–water partition coefficient (Wildman–Crippen LogP) is 23.4. The number of rotatable bonds is 2. The molecule has 0 aromatic heterocycles. The molecule has 3 N–H and O–H groups in total. The summed E-state index contributed by atoms with van der Waals surface area (Å²) in [5.41, 5.74) is 15.4. The summed E-state index contributed by atoms with van der Waals surface area (Å²) in [5, 5.41) is 20.8. The van der Waals surface area contributed by atoms with Crippen LogP contribution in [0.3, 0.4) is 0 Å². The van der Waals surface area contributed by atoms with Gasteiger partial charge in [0.15, 0.2) is 11.2 Å². The van der Waals surface area contributed by atoms with Crippen LogP contribution in [0.25, 0.3) is 21.5 Å². The number of hydrogen-bond acceptors (Lipinski definition) is 7. The molecule has 0 spiro atoms. The summed E-state index contributed by atoms with van der Waals surface area (Å²) in [6.45, 7) is 7.57. The van der Waals surface area contributed by atoms with Gasteiger partial charge in [0.1, 0.15) is 6.10 Å². The van der Waals surface area contributed by atoms with Crippen LogP contribution in [0.4, 0.5) is 43.9 Å². The van der Waals surface area contributed by atoms with Crippen molar-refractivity contribution >= 4 is 43.3 Å². The lowest BCUT2D eigenvalue weighted by atomic mass is 9.90. The van der Waals surface area contributed by atoms with Crippen molar-refractivity contribution in [3.63, 3.8) is 0 Å². The van der Waals surface area contributed by atoms with E-state index in [2.05, 4.69) is 60.6 Å². The van der Waals surface area contributed by atoms with E-state index in [1.807, 2.05) is 182 Å². The van der Waals surface area contributed by atoms with Gasteiger partial charge in [-0.05, 0) is 111 Å². The summed E-state index contributed by atoms with van der Waals surface area (Å²) >= 11 is 3.68. The lowest BCUT2D eigenvalue weighted by molar-refractivity contribution is 0.0990. The summed E-state index contributed by atoms with van der Waals surface area (Å²) in [6.07, 6.45) is -0.809. The van der Waals surface area contributed by atoms with Gasteiger partial charge in [-0.2, -0.15) is 0 Å². The number of halogens is 11. The first kappa shape index (κ1) is 81.0. The average Bonchev–Trinajstić information content (AvgIpc) is 1.53. The van der Waals surface area contributed by atoms with Gasteiger partial charge >= 0.3 is 0 Å². The molecule has 12 aliphatic rings. The molecule has 2 saturated heterocycles. The van der Waals surface area contributed by atoms with Crippen LogP contribution in [-0.2, 0) is 0 Å². The molecule has 2 heterocycles. The first-order valence-electron chi connectivity index (χ1n) is 41.6. The normalized spacial score (nSPS) is 26.8. The molecule has 618 valence electrons. The summed E-state index contributed by atoms with van der Waals surface area (Å²) in [5.74, 6) is -20.7. The Morgan fingerprint density at radius 3 is 0.762 bits per heavy atom. The van der Waals surface area contributed by atoms with Gasteiger partial charge < -0.3 is 15.7 Å². The van der Waals surface area contributed by atoms with Crippen molar-refractivity contribution in [2.24, 2.45) is 0 Å². The van der Waals surface area contributed by atoms with Crippen LogP contribution in [0.15, 0.2) is 308 Å². The Bertz CT molecular complexity index is 5700. The molecule has 122 heavy (non-hydrogen) atoms. The number of carbonyl (C=O) groups excluding carboxylic acids is 1. The van der Waals surface area contributed by atoms with Gasteiger partial charge in [-0.3, -0.25) is 19.4 Å². The third-order valence-electron chi connectivity index (χ3n) is 27.2. The van der Waals surface area contributed by atoms with E-state index in [0.717, 1.165) is 141 Å². The fourth-order valence-corrected chi connectivity index (χ4v) is 22.1. The summed E-state index contributed by atoms with van der Waals surface area (Å²) in [7, 11) is 0. The first-order chi connectivity index (χ1) is 58.6. The molecule has 0 radical (unpaired) electrons. The maximum Gasteiger partial charge on any atom is 0.263 e. The van der Waals surface area contributed by atoms with Crippen molar-refractivity contribution in [1.82, 2.24) is 20.4 Å². The van der Waals surface area contributed by atoms with Crippen molar-refractivity contribution in [3.8, 4) is 0 Å². The number of hydrogen-bond donors (Lipinski definition) is 3. The van der Waals surface area contributed by atoms with Gasteiger partial charge in [-0.1, -0.05) is 327 Å². The summed E-state index contributed by atoms with van der Waals surface area (Å²) in [6, 6.07) is 93.5. The van der Waals surface area contributed by atoms with Crippen LogP contribution in [0, 0.1) is 0 Å². The van der Waals surface area contributed by atoms with Crippen LogP contribution in [0.2, 0.25) is 0 Å². The largest absolute Gasteiger partial charge is 0.384 e. The lowest BCUT2D eigenvalue weighted by Crippen LogP contribution is -2.45. The van der Waals surface area contributed by atoms with Crippen molar-refractivity contribution < 1.29 is 53.8 Å². The molecule has 0 bridgehead atoms. The molecule has 7 nitrogen and oxygen atoms in total. The smallest absolute Gasteiger partial charge is 0.263 e. The highest BCUT2D eigenvalue weighted by molar-refractivity contribution is 9.09. The van der Waals surface area contributed by atoms with E-state index in [4.69, 9.17) is 0 Å². The van der Waals surface area contributed by atoms with E-state index in [1.54, 1.807) is 97.1 Å². The molecular formula is C104H87BrF10N4O3. The number of piperazine rings is 2. The fourth-order valence-electron chi connectivity index (χ4n) is 21.3. The zero-order chi connectivity index (χ0) is 83.2. The highest BCUT2D eigenvalue weighted by atomic mass is 79.9. The third-order valence-corrected chi connectivity index (χ3v) is 28.2. The molecule has 0 amide bonds. The van der Waals surface area contributed by atoms with E-state index >= 15 is 0 Å². The summed E-state index contributed by atoms with van der Waals surface area (Å²) in [4.78, 5) is 29.6. The highest BCUT2D eigenvalue weighted by Crippen LogP contribution is 2.75. The monoisotopic (exact) mass is 1710 g/mol. The zero-order valence-electron chi connectivity index (χ0n) is 65.4. The number of aliphatic hydroxyl groups is 1. The van der Waals surface area contributed by atoms with Crippen LogP contribution in [-0.4, -0.2) is 103 Å². The Hall–Kier alpha value is -10.7. The second kappa shape index (κ2) is 31.3. The molecular weight excluding hydrogens is 1620 g/mol. The number of nitrogens with one attached hydrogen (secondary N) is 2. The minimum absolute atomic E-state index is 0. The number of benzene rings is 12. The quantitative estimate of drug-likeness (QED) is 0.117. The van der Waals surface area contributed by atoms with E-state index < -0.39 is 94.9 Å². The Labute approximate surface area is 709 Å². The zero-order valence-corrected chi connectivity index (χ0v) is 67.0. The first-order valence-corrected chi connectivity index (χ1v) is 42.5. The van der Waals surface area contributed by atoms with Gasteiger partial charge in [-0.15, -0.1) is 0 Å². The topological polar surface area (TPSA) is 84.9 Å². The van der Waals surface area contributed by atoms with E-state index in [0.29, 0.717) is 44.5 Å². The van der Waals surface area contributed by atoms with Gasteiger partial charge in [0.25, 0.3) is 29.6 Å². The molecule has 25 rings (SSSR count).